The van der Waals surface area contributed by atoms with E-state index in [-0.39, 0.29) is 17.9 Å². The van der Waals surface area contributed by atoms with Crippen LogP contribution in [0.15, 0.2) is 47.4 Å². The van der Waals surface area contributed by atoms with Crippen LogP contribution in [0, 0.1) is 0 Å². The molecule has 8 nitrogen and oxygen atoms in total. The van der Waals surface area contributed by atoms with Crippen molar-refractivity contribution in [1.82, 2.24) is 20.1 Å². The van der Waals surface area contributed by atoms with E-state index in [4.69, 9.17) is 0 Å². The van der Waals surface area contributed by atoms with E-state index in [1.165, 1.54) is 0 Å². The molecule has 2 aromatic heterocycles. The summed E-state index contributed by atoms with van der Waals surface area (Å²) in [5, 5.41) is 10.6. The number of aromatic nitrogens is 3. The van der Waals surface area contributed by atoms with E-state index in [0.717, 1.165) is 32.0 Å². The van der Waals surface area contributed by atoms with Crippen molar-refractivity contribution in [2.75, 3.05) is 43.4 Å². The number of aromatic amines is 1. The van der Waals surface area contributed by atoms with Crippen LogP contribution in [0.25, 0.3) is 10.8 Å². The van der Waals surface area contributed by atoms with Crippen LogP contribution in [0.1, 0.15) is 5.69 Å². The topological polar surface area (TPSA) is 94.2 Å². The normalized spacial score (nSPS) is 15.0. The van der Waals surface area contributed by atoms with E-state index in [1.807, 2.05) is 18.2 Å². The van der Waals surface area contributed by atoms with Gasteiger partial charge in [-0.25, -0.2) is 10.1 Å². The average molecular weight is 378 g/mol. The number of hydrogen-bond acceptors (Lipinski definition) is 6. The maximum Gasteiger partial charge on any atom is 0.272 e. The summed E-state index contributed by atoms with van der Waals surface area (Å²) in [5.74, 6) is 0.707. The van der Waals surface area contributed by atoms with Crippen molar-refractivity contribution in [3.63, 3.8) is 0 Å². The van der Waals surface area contributed by atoms with Gasteiger partial charge in [-0.15, -0.1) is 0 Å². The third-order valence-corrected chi connectivity index (χ3v) is 4.96. The number of anilines is 2. The molecular weight excluding hydrogens is 356 g/mol. The van der Waals surface area contributed by atoms with E-state index in [2.05, 4.69) is 37.3 Å². The second-order valence-electron chi connectivity index (χ2n) is 6.97. The minimum atomic E-state index is -0.261. The predicted octanol–water partition coefficient (Wildman–Crippen LogP) is 1.25. The van der Waals surface area contributed by atoms with Gasteiger partial charge in [0.1, 0.15) is 5.82 Å². The minimum absolute atomic E-state index is 0.0670. The number of hydrogen-bond donors (Lipinski definition) is 2. The molecule has 144 valence electrons. The number of piperazine rings is 1. The second-order valence-corrected chi connectivity index (χ2v) is 6.97. The van der Waals surface area contributed by atoms with Gasteiger partial charge in [0.05, 0.1) is 29.4 Å². The molecule has 1 fully saturated rings. The number of nitrogens with zero attached hydrogens (tertiary/aromatic N) is 4. The Morgan fingerprint density at radius 1 is 1.11 bits per heavy atom. The fourth-order valence-corrected chi connectivity index (χ4v) is 3.35. The average Bonchev–Trinajstić information content (AvgIpc) is 2.72. The maximum absolute atomic E-state index is 12.4. The first kappa shape index (κ1) is 18.1. The van der Waals surface area contributed by atoms with Crippen LogP contribution in [0.2, 0.25) is 0 Å². The minimum Gasteiger partial charge on any atom is -0.354 e. The molecule has 8 heteroatoms. The lowest BCUT2D eigenvalue weighted by Crippen LogP contribution is -2.44. The molecule has 0 aliphatic carbocycles. The van der Waals surface area contributed by atoms with Gasteiger partial charge in [-0.2, -0.15) is 5.10 Å². The van der Waals surface area contributed by atoms with Gasteiger partial charge in [0.2, 0.25) is 5.91 Å². The molecule has 1 amide bonds. The molecule has 3 aromatic rings. The first-order chi connectivity index (χ1) is 13.6. The highest BCUT2D eigenvalue weighted by Crippen LogP contribution is 2.17. The second kappa shape index (κ2) is 7.77. The van der Waals surface area contributed by atoms with Crippen LogP contribution >= 0.6 is 0 Å². The predicted molar refractivity (Wildman–Crippen MR) is 109 cm³/mol. The van der Waals surface area contributed by atoms with Crippen molar-refractivity contribution >= 4 is 28.2 Å². The summed E-state index contributed by atoms with van der Waals surface area (Å²) in [6.07, 6.45) is 1.74. The molecule has 1 aromatic carbocycles. The zero-order valence-electron chi connectivity index (χ0n) is 15.7. The highest BCUT2D eigenvalue weighted by Gasteiger charge is 2.15. The summed E-state index contributed by atoms with van der Waals surface area (Å²) in [5.41, 5.74) is 0.912. The molecule has 0 unspecified atom stereocenters. The number of pyridine rings is 1. The van der Waals surface area contributed by atoms with Crippen LogP contribution in [0.5, 0.6) is 0 Å². The van der Waals surface area contributed by atoms with Gasteiger partial charge in [0.25, 0.3) is 5.56 Å². The Labute approximate surface area is 162 Å². The molecule has 0 bridgehead atoms. The number of likely N-dealkylation sites (N-methyl/N-ethyl adjacent to an activating group) is 1. The van der Waals surface area contributed by atoms with E-state index in [1.54, 1.807) is 24.4 Å². The summed E-state index contributed by atoms with van der Waals surface area (Å²) in [7, 11) is 2.11. The quantitative estimate of drug-likeness (QED) is 0.710. The fourth-order valence-electron chi connectivity index (χ4n) is 3.35. The van der Waals surface area contributed by atoms with Gasteiger partial charge in [-0.3, -0.25) is 9.59 Å². The van der Waals surface area contributed by atoms with Crippen molar-refractivity contribution in [2.24, 2.45) is 0 Å². The number of carbonyl (C=O) groups excluding carboxylic acids is 1. The summed E-state index contributed by atoms with van der Waals surface area (Å²) in [4.78, 5) is 33.3. The highest BCUT2D eigenvalue weighted by atomic mass is 16.1. The number of fused-ring (bicyclic) bond motifs is 1. The number of benzene rings is 1. The molecule has 0 saturated carbocycles. The monoisotopic (exact) mass is 378 g/mol. The van der Waals surface area contributed by atoms with Crippen LogP contribution in [-0.2, 0) is 11.2 Å². The Bertz CT molecular complexity index is 1040. The number of H-pyrrole nitrogens is 1. The molecule has 0 spiro atoms. The summed E-state index contributed by atoms with van der Waals surface area (Å²) < 4.78 is 0. The molecule has 0 radical (unpaired) electrons. The number of nitrogens with one attached hydrogen (secondary N) is 2. The third-order valence-electron chi connectivity index (χ3n) is 4.96. The van der Waals surface area contributed by atoms with Crippen molar-refractivity contribution < 1.29 is 4.79 Å². The molecule has 4 rings (SSSR count). The smallest absolute Gasteiger partial charge is 0.272 e. The number of rotatable bonds is 4. The third kappa shape index (κ3) is 3.86. The zero-order chi connectivity index (χ0) is 19.5. The van der Waals surface area contributed by atoms with Gasteiger partial charge in [0, 0.05) is 31.6 Å². The fraction of sp³-hybridized carbons (Fsp3) is 0.300. The van der Waals surface area contributed by atoms with E-state index in [0.29, 0.717) is 22.2 Å². The Hall–Kier alpha value is -3.26. The molecule has 28 heavy (non-hydrogen) atoms. The van der Waals surface area contributed by atoms with E-state index >= 15 is 0 Å². The van der Waals surface area contributed by atoms with Crippen LogP contribution in [0.4, 0.5) is 11.5 Å². The van der Waals surface area contributed by atoms with Crippen LogP contribution < -0.4 is 15.8 Å². The number of carbonyl (C=O) groups is 1. The van der Waals surface area contributed by atoms with Gasteiger partial charge < -0.3 is 15.1 Å². The van der Waals surface area contributed by atoms with Crippen LogP contribution in [0.3, 0.4) is 0 Å². The van der Waals surface area contributed by atoms with Crippen molar-refractivity contribution in [3.05, 3.63) is 58.6 Å². The largest absolute Gasteiger partial charge is 0.354 e. The zero-order valence-corrected chi connectivity index (χ0v) is 15.7. The van der Waals surface area contributed by atoms with Crippen LogP contribution in [-0.4, -0.2) is 59.2 Å². The lowest BCUT2D eigenvalue weighted by Gasteiger charge is -2.33. The molecule has 2 N–H and O–H groups in total. The first-order valence-electron chi connectivity index (χ1n) is 9.26. The van der Waals surface area contributed by atoms with Crippen molar-refractivity contribution in [2.45, 2.75) is 6.42 Å². The summed E-state index contributed by atoms with van der Waals surface area (Å²) >= 11 is 0. The molecule has 1 aliphatic rings. The molecule has 1 saturated heterocycles. The first-order valence-corrected chi connectivity index (χ1v) is 9.26. The Kier molecular flexibility index (Phi) is 5.03. The molecule has 0 atom stereocenters. The lowest BCUT2D eigenvalue weighted by molar-refractivity contribution is -0.115. The SMILES string of the molecule is CN1CCN(c2ccc(NC(=O)Cc3n[nH]c(=O)c4ccccc34)cn2)CC1. The van der Waals surface area contributed by atoms with Crippen molar-refractivity contribution in [1.29, 1.82) is 0 Å². The van der Waals surface area contributed by atoms with Gasteiger partial charge in [-0.1, -0.05) is 18.2 Å². The van der Waals surface area contributed by atoms with Gasteiger partial charge in [0.15, 0.2) is 0 Å². The lowest BCUT2D eigenvalue weighted by atomic mass is 10.1. The maximum atomic E-state index is 12.4. The summed E-state index contributed by atoms with van der Waals surface area (Å²) in [6.45, 7) is 3.92. The Balaban J connectivity index is 1.43. The van der Waals surface area contributed by atoms with E-state index < -0.39 is 0 Å². The highest BCUT2D eigenvalue weighted by molar-refractivity contribution is 5.95. The van der Waals surface area contributed by atoms with Gasteiger partial charge >= 0.3 is 0 Å². The molecule has 1 aliphatic heterocycles. The number of amides is 1. The Morgan fingerprint density at radius 2 is 1.86 bits per heavy atom. The standard InChI is InChI=1S/C20H22N6O2/c1-25-8-10-26(11-9-25)18-7-6-14(13-21-18)22-19(27)12-17-15-4-2-3-5-16(15)20(28)24-23-17/h2-7,13H,8-12H2,1H3,(H,22,27)(H,24,28). The van der Waals surface area contributed by atoms with Crippen molar-refractivity contribution in [3.8, 4) is 0 Å². The van der Waals surface area contributed by atoms with E-state index in [9.17, 15) is 9.59 Å². The summed E-state index contributed by atoms with van der Waals surface area (Å²) in [6, 6.07) is 10.9. The Morgan fingerprint density at radius 3 is 2.57 bits per heavy atom. The molecular formula is C20H22N6O2. The van der Waals surface area contributed by atoms with Gasteiger partial charge in [-0.05, 0) is 25.2 Å². The molecule has 3 heterocycles.